The van der Waals surface area contributed by atoms with E-state index in [0.29, 0.717) is 49.8 Å². The van der Waals surface area contributed by atoms with E-state index in [4.69, 9.17) is 14.2 Å². The third kappa shape index (κ3) is 3.97. The number of benzene rings is 2. The molecule has 1 saturated heterocycles. The fourth-order valence-electron chi connectivity index (χ4n) is 3.13. The van der Waals surface area contributed by atoms with Crippen molar-refractivity contribution in [3.8, 4) is 17.2 Å². The van der Waals surface area contributed by atoms with Crippen molar-refractivity contribution in [3.05, 3.63) is 54.1 Å². The Hall–Kier alpha value is -3.22. The molecular weight excluding hydrogens is 348 g/mol. The second kappa shape index (κ2) is 7.57. The third-order valence-electron chi connectivity index (χ3n) is 4.63. The van der Waals surface area contributed by atoms with Crippen molar-refractivity contribution < 1.29 is 23.8 Å². The largest absolute Gasteiger partial charge is 0.454 e. The molecule has 7 heteroatoms. The summed E-state index contributed by atoms with van der Waals surface area (Å²) in [6, 6.07) is 14.5. The highest BCUT2D eigenvalue weighted by atomic mass is 16.7. The van der Waals surface area contributed by atoms with Gasteiger partial charge in [-0.25, -0.2) is 4.79 Å². The number of hydrogen-bond donors (Lipinski definition) is 0. The maximum atomic E-state index is 12.6. The van der Waals surface area contributed by atoms with Gasteiger partial charge in [0.2, 0.25) is 12.7 Å². The van der Waals surface area contributed by atoms with Crippen LogP contribution in [0.5, 0.6) is 17.2 Å². The minimum atomic E-state index is -0.385. The fourth-order valence-corrected chi connectivity index (χ4v) is 3.13. The van der Waals surface area contributed by atoms with E-state index in [1.54, 1.807) is 21.9 Å². The Bertz CT molecular complexity index is 832. The normalized spacial score (nSPS) is 15.6. The summed E-state index contributed by atoms with van der Waals surface area (Å²) < 4.78 is 16.0. The average molecular weight is 368 g/mol. The summed E-state index contributed by atoms with van der Waals surface area (Å²) in [6.07, 6.45) is -0.0884. The zero-order valence-electron chi connectivity index (χ0n) is 14.8. The van der Waals surface area contributed by atoms with Gasteiger partial charge in [-0.3, -0.25) is 4.79 Å². The van der Waals surface area contributed by atoms with Crippen LogP contribution in [0.3, 0.4) is 0 Å². The summed E-state index contributed by atoms with van der Waals surface area (Å²) in [5.74, 6) is 1.93. The van der Waals surface area contributed by atoms with E-state index < -0.39 is 0 Å². The summed E-state index contributed by atoms with van der Waals surface area (Å²) in [6.45, 7) is 2.12. The van der Waals surface area contributed by atoms with Gasteiger partial charge in [0.15, 0.2) is 11.5 Å². The number of para-hydroxylation sites is 1. The smallest absolute Gasteiger partial charge is 0.415 e. The van der Waals surface area contributed by atoms with Crippen LogP contribution in [0.15, 0.2) is 48.5 Å². The molecule has 0 bridgehead atoms. The molecule has 0 unspecified atom stereocenters. The molecule has 7 nitrogen and oxygen atoms in total. The predicted octanol–water partition coefficient (Wildman–Crippen LogP) is 2.30. The van der Waals surface area contributed by atoms with Gasteiger partial charge in [0, 0.05) is 26.2 Å². The minimum absolute atomic E-state index is 0.0324. The third-order valence-corrected chi connectivity index (χ3v) is 4.63. The first-order valence-corrected chi connectivity index (χ1v) is 8.87. The van der Waals surface area contributed by atoms with Crippen LogP contribution in [-0.4, -0.2) is 54.8 Å². The van der Waals surface area contributed by atoms with Crippen LogP contribution < -0.4 is 14.2 Å². The minimum Gasteiger partial charge on any atom is -0.454 e. The fraction of sp³-hybridized carbons (Fsp3) is 0.300. The Labute approximate surface area is 157 Å². The molecule has 2 aromatic carbocycles. The van der Waals surface area contributed by atoms with Crippen molar-refractivity contribution in [1.29, 1.82) is 0 Å². The van der Waals surface area contributed by atoms with Crippen molar-refractivity contribution in [2.45, 2.75) is 6.42 Å². The van der Waals surface area contributed by atoms with Crippen molar-refractivity contribution >= 4 is 12.0 Å². The number of carbonyl (C=O) groups excluding carboxylic acids is 2. The lowest BCUT2D eigenvalue weighted by Gasteiger charge is -2.34. The summed E-state index contributed by atoms with van der Waals surface area (Å²) in [4.78, 5) is 28.2. The Balaban J connectivity index is 1.28. The van der Waals surface area contributed by atoms with Gasteiger partial charge in [-0.1, -0.05) is 24.3 Å². The first-order valence-electron chi connectivity index (χ1n) is 8.87. The molecule has 2 amide bonds. The molecule has 140 valence electrons. The number of rotatable bonds is 3. The van der Waals surface area contributed by atoms with Gasteiger partial charge in [-0.05, 0) is 29.8 Å². The lowest BCUT2D eigenvalue weighted by Crippen LogP contribution is -2.51. The molecule has 1 fully saturated rings. The van der Waals surface area contributed by atoms with Crippen LogP contribution in [0.4, 0.5) is 4.79 Å². The monoisotopic (exact) mass is 368 g/mol. The molecule has 27 heavy (non-hydrogen) atoms. The topological polar surface area (TPSA) is 68.3 Å². The standard InChI is InChI=1S/C20H20N2O5/c23-19(13-15-6-7-17-18(12-15)26-14-25-17)21-8-10-22(11-9-21)20(24)27-16-4-2-1-3-5-16/h1-7,12H,8-11,13-14H2. The lowest BCUT2D eigenvalue weighted by atomic mass is 10.1. The van der Waals surface area contributed by atoms with E-state index in [2.05, 4.69) is 0 Å². The summed E-state index contributed by atoms with van der Waals surface area (Å²) in [5.41, 5.74) is 0.884. The maximum Gasteiger partial charge on any atom is 0.415 e. The van der Waals surface area contributed by atoms with Gasteiger partial charge >= 0.3 is 6.09 Å². The van der Waals surface area contributed by atoms with Gasteiger partial charge < -0.3 is 24.0 Å². The van der Waals surface area contributed by atoms with E-state index in [9.17, 15) is 9.59 Å². The molecule has 0 saturated carbocycles. The van der Waals surface area contributed by atoms with E-state index in [-0.39, 0.29) is 18.8 Å². The van der Waals surface area contributed by atoms with E-state index in [1.807, 2.05) is 36.4 Å². The second-order valence-corrected chi connectivity index (χ2v) is 6.41. The van der Waals surface area contributed by atoms with Gasteiger partial charge in [0.05, 0.1) is 6.42 Å². The Kier molecular flexibility index (Phi) is 4.82. The Morgan fingerprint density at radius 1 is 0.889 bits per heavy atom. The zero-order chi connectivity index (χ0) is 18.6. The summed E-state index contributed by atoms with van der Waals surface area (Å²) in [7, 11) is 0. The Morgan fingerprint density at radius 3 is 2.37 bits per heavy atom. The van der Waals surface area contributed by atoms with Crippen molar-refractivity contribution in [3.63, 3.8) is 0 Å². The number of amides is 2. The SMILES string of the molecule is O=C(Cc1ccc2c(c1)OCO2)N1CCN(C(=O)Oc2ccccc2)CC1. The molecule has 2 heterocycles. The second-order valence-electron chi connectivity index (χ2n) is 6.41. The number of carbonyl (C=O) groups is 2. The highest BCUT2D eigenvalue weighted by Crippen LogP contribution is 2.32. The van der Waals surface area contributed by atoms with E-state index in [0.717, 1.165) is 5.56 Å². The van der Waals surface area contributed by atoms with Crippen LogP contribution in [0.25, 0.3) is 0 Å². The van der Waals surface area contributed by atoms with E-state index >= 15 is 0 Å². The van der Waals surface area contributed by atoms with Crippen LogP contribution in [0.1, 0.15) is 5.56 Å². The molecular formula is C20H20N2O5. The summed E-state index contributed by atoms with van der Waals surface area (Å²) >= 11 is 0. The van der Waals surface area contributed by atoms with Crippen LogP contribution in [0.2, 0.25) is 0 Å². The zero-order valence-corrected chi connectivity index (χ0v) is 14.8. The predicted molar refractivity (Wildman–Crippen MR) is 96.9 cm³/mol. The first-order chi connectivity index (χ1) is 13.2. The molecule has 2 aliphatic heterocycles. The number of ether oxygens (including phenoxy) is 3. The number of hydrogen-bond acceptors (Lipinski definition) is 5. The van der Waals surface area contributed by atoms with Crippen molar-refractivity contribution in [1.82, 2.24) is 9.80 Å². The molecule has 0 atom stereocenters. The molecule has 2 aliphatic rings. The molecule has 4 rings (SSSR count). The highest BCUT2D eigenvalue weighted by molar-refractivity contribution is 5.79. The summed E-state index contributed by atoms with van der Waals surface area (Å²) in [5, 5.41) is 0. The molecule has 0 aliphatic carbocycles. The number of nitrogens with zero attached hydrogens (tertiary/aromatic N) is 2. The van der Waals surface area contributed by atoms with Gasteiger partial charge in [-0.2, -0.15) is 0 Å². The molecule has 0 radical (unpaired) electrons. The van der Waals surface area contributed by atoms with Crippen LogP contribution in [-0.2, 0) is 11.2 Å². The van der Waals surface area contributed by atoms with Crippen LogP contribution >= 0.6 is 0 Å². The molecule has 0 aromatic heterocycles. The molecule has 0 spiro atoms. The maximum absolute atomic E-state index is 12.6. The number of fused-ring (bicyclic) bond motifs is 1. The van der Waals surface area contributed by atoms with Gasteiger partial charge in [0.1, 0.15) is 5.75 Å². The van der Waals surface area contributed by atoms with Crippen molar-refractivity contribution in [2.75, 3.05) is 33.0 Å². The van der Waals surface area contributed by atoms with Crippen LogP contribution in [0, 0.1) is 0 Å². The molecule has 0 N–H and O–H groups in total. The van der Waals surface area contributed by atoms with E-state index in [1.165, 1.54) is 0 Å². The lowest BCUT2D eigenvalue weighted by molar-refractivity contribution is -0.132. The average Bonchev–Trinajstić information content (AvgIpc) is 3.16. The molecule has 2 aromatic rings. The number of piperazine rings is 1. The highest BCUT2D eigenvalue weighted by Gasteiger charge is 2.25. The van der Waals surface area contributed by atoms with Gasteiger partial charge in [0.25, 0.3) is 0 Å². The first kappa shape index (κ1) is 17.2. The Morgan fingerprint density at radius 2 is 1.59 bits per heavy atom. The van der Waals surface area contributed by atoms with Gasteiger partial charge in [-0.15, -0.1) is 0 Å². The van der Waals surface area contributed by atoms with Crippen molar-refractivity contribution in [2.24, 2.45) is 0 Å². The quantitative estimate of drug-likeness (QED) is 0.832.